The molecular formula is C16H18N2O. The summed E-state index contributed by atoms with van der Waals surface area (Å²) in [5, 5.41) is 7.53. The molecule has 3 N–H and O–H groups in total. The Morgan fingerprint density at radius 2 is 1.74 bits per heavy atom. The Labute approximate surface area is 113 Å². The van der Waals surface area contributed by atoms with Crippen molar-refractivity contribution in [2.45, 2.75) is 20.5 Å². The van der Waals surface area contributed by atoms with Crippen molar-refractivity contribution < 1.29 is 4.74 Å². The van der Waals surface area contributed by atoms with Gasteiger partial charge in [-0.3, -0.25) is 5.41 Å². The Bertz CT molecular complexity index is 585. The summed E-state index contributed by atoms with van der Waals surface area (Å²) in [4.78, 5) is 0. The normalized spacial score (nSPS) is 10.2. The number of nitrogens with two attached hydrogens (primary N) is 1. The molecule has 0 saturated heterocycles. The lowest BCUT2D eigenvalue weighted by Crippen LogP contribution is -2.13. The fourth-order valence-corrected chi connectivity index (χ4v) is 2.13. The minimum Gasteiger partial charge on any atom is -0.488 e. The van der Waals surface area contributed by atoms with Gasteiger partial charge in [0.05, 0.1) is 5.56 Å². The number of rotatable bonds is 4. The molecule has 2 aromatic rings. The van der Waals surface area contributed by atoms with Crippen LogP contribution < -0.4 is 10.5 Å². The monoisotopic (exact) mass is 254 g/mol. The smallest absolute Gasteiger partial charge is 0.130 e. The molecule has 0 unspecified atom stereocenters. The molecule has 0 heterocycles. The topological polar surface area (TPSA) is 59.1 Å². The summed E-state index contributed by atoms with van der Waals surface area (Å²) in [5.74, 6) is 0.671. The molecule has 0 saturated carbocycles. The molecule has 0 radical (unpaired) electrons. The van der Waals surface area contributed by atoms with Gasteiger partial charge in [0.15, 0.2) is 0 Å². The third-order valence-corrected chi connectivity index (χ3v) is 2.85. The van der Waals surface area contributed by atoms with Gasteiger partial charge >= 0.3 is 0 Å². The molecule has 19 heavy (non-hydrogen) atoms. The van der Waals surface area contributed by atoms with Crippen LogP contribution in [0.25, 0.3) is 0 Å². The van der Waals surface area contributed by atoms with E-state index in [1.54, 1.807) is 6.07 Å². The number of hydrogen-bond acceptors (Lipinski definition) is 2. The second kappa shape index (κ2) is 5.57. The van der Waals surface area contributed by atoms with E-state index in [9.17, 15) is 0 Å². The fraction of sp³-hybridized carbons (Fsp3) is 0.188. The summed E-state index contributed by atoms with van der Waals surface area (Å²) >= 11 is 0. The second-order valence-corrected chi connectivity index (χ2v) is 4.69. The average Bonchev–Trinajstić information content (AvgIpc) is 2.35. The van der Waals surface area contributed by atoms with Crippen molar-refractivity contribution in [2.75, 3.05) is 0 Å². The van der Waals surface area contributed by atoms with Gasteiger partial charge in [-0.2, -0.15) is 0 Å². The predicted octanol–water partition coefficient (Wildman–Crippen LogP) is 3.17. The number of amidine groups is 1. The Morgan fingerprint density at radius 3 is 2.37 bits per heavy atom. The summed E-state index contributed by atoms with van der Waals surface area (Å²) in [6, 6.07) is 13.7. The minimum absolute atomic E-state index is 0.0241. The Kier molecular flexibility index (Phi) is 3.85. The highest BCUT2D eigenvalue weighted by Gasteiger charge is 2.06. The molecule has 0 atom stereocenters. The zero-order valence-electron chi connectivity index (χ0n) is 11.2. The number of nitrogen functional groups attached to an aromatic ring is 1. The van der Waals surface area contributed by atoms with Crippen LogP contribution in [0, 0.1) is 19.3 Å². The average molecular weight is 254 g/mol. The van der Waals surface area contributed by atoms with E-state index in [0.29, 0.717) is 17.9 Å². The Balaban J connectivity index is 2.16. The highest BCUT2D eigenvalue weighted by Crippen LogP contribution is 2.19. The lowest BCUT2D eigenvalue weighted by molar-refractivity contribution is 0.305. The largest absolute Gasteiger partial charge is 0.488 e. The maximum atomic E-state index is 7.53. The third-order valence-electron chi connectivity index (χ3n) is 2.85. The Hall–Kier alpha value is -2.29. The van der Waals surface area contributed by atoms with Gasteiger partial charge in [-0.15, -0.1) is 0 Å². The van der Waals surface area contributed by atoms with Crippen LogP contribution >= 0.6 is 0 Å². The van der Waals surface area contributed by atoms with Crippen molar-refractivity contribution in [3.63, 3.8) is 0 Å². The van der Waals surface area contributed by atoms with Crippen molar-refractivity contribution >= 4 is 5.84 Å². The molecule has 0 spiro atoms. The third kappa shape index (κ3) is 3.35. The molecule has 0 aromatic heterocycles. The minimum atomic E-state index is 0.0241. The van der Waals surface area contributed by atoms with E-state index >= 15 is 0 Å². The van der Waals surface area contributed by atoms with Crippen LogP contribution in [-0.2, 0) is 6.61 Å². The molecule has 2 rings (SSSR count). The number of nitrogens with one attached hydrogen (secondary N) is 1. The Morgan fingerprint density at radius 1 is 1.11 bits per heavy atom. The van der Waals surface area contributed by atoms with Gasteiger partial charge in [0.25, 0.3) is 0 Å². The van der Waals surface area contributed by atoms with Crippen LogP contribution in [0.1, 0.15) is 22.3 Å². The molecular weight excluding hydrogens is 236 g/mol. The quantitative estimate of drug-likeness (QED) is 0.650. The van der Waals surface area contributed by atoms with Crippen LogP contribution in [0.3, 0.4) is 0 Å². The molecule has 98 valence electrons. The number of ether oxygens (including phenoxy) is 1. The first-order valence-electron chi connectivity index (χ1n) is 6.19. The molecule has 3 nitrogen and oxygen atoms in total. The molecule has 2 aromatic carbocycles. The van der Waals surface area contributed by atoms with E-state index in [-0.39, 0.29) is 5.84 Å². The van der Waals surface area contributed by atoms with Gasteiger partial charge in [-0.05, 0) is 31.5 Å². The lowest BCUT2D eigenvalue weighted by atomic mass is 10.1. The molecule has 0 fully saturated rings. The zero-order valence-corrected chi connectivity index (χ0v) is 11.2. The molecule has 0 aliphatic carbocycles. The number of para-hydroxylation sites is 1. The van der Waals surface area contributed by atoms with Gasteiger partial charge in [0.1, 0.15) is 18.2 Å². The van der Waals surface area contributed by atoms with E-state index in [4.69, 9.17) is 15.9 Å². The zero-order chi connectivity index (χ0) is 13.8. The van der Waals surface area contributed by atoms with Crippen molar-refractivity contribution in [3.8, 4) is 5.75 Å². The standard InChI is InChI=1S/C16H18N2O/c1-11-7-12(2)9-13(8-11)10-19-15-6-4-3-5-14(15)16(17)18/h3-9H,10H2,1-2H3,(H3,17,18). The van der Waals surface area contributed by atoms with Crippen molar-refractivity contribution in [3.05, 3.63) is 64.7 Å². The molecule has 0 aliphatic heterocycles. The second-order valence-electron chi connectivity index (χ2n) is 4.69. The van der Waals surface area contributed by atoms with E-state index in [2.05, 4.69) is 32.0 Å². The molecule has 0 amide bonds. The van der Waals surface area contributed by atoms with E-state index in [0.717, 1.165) is 5.56 Å². The SMILES string of the molecule is Cc1cc(C)cc(COc2ccccc2C(=N)N)c1. The van der Waals surface area contributed by atoms with Gasteiger partial charge in [-0.25, -0.2) is 0 Å². The van der Waals surface area contributed by atoms with Crippen LogP contribution in [0.2, 0.25) is 0 Å². The first-order valence-corrected chi connectivity index (χ1v) is 6.19. The first-order chi connectivity index (χ1) is 9.06. The summed E-state index contributed by atoms with van der Waals surface area (Å²) in [6.07, 6.45) is 0. The van der Waals surface area contributed by atoms with E-state index in [1.165, 1.54) is 11.1 Å². The summed E-state index contributed by atoms with van der Waals surface area (Å²) in [6.45, 7) is 4.62. The maximum Gasteiger partial charge on any atom is 0.130 e. The number of hydrogen-bond donors (Lipinski definition) is 2. The van der Waals surface area contributed by atoms with Crippen molar-refractivity contribution in [1.82, 2.24) is 0 Å². The van der Waals surface area contributed by atoms with E-state index < -0.39 is 0 Å². The predicted molar refractivity (Wildman–Crippen MR) is 77.7 cm³/mol. The number of benzene rings is 2. The van der Waals surface area contributed by atoms with Gasteiger partial charge in [-0.1, -0.05) is 41.5 Å². The molecule has 0 bridgehead atoms. The van der Waals surface area contributed by atoms with Crippen molar-refractivity contribution in [1.29, 1.82) is 5.41 Å². The van der Waals surface area contributed by atoms with Gasteiger partial charge in [0.2, 0.25) is 0 Å². The van der Waals surface area contributed by atoms with Gasteiger partial charge in [0, 0.05) is 0 Å². The summed E-state index contributed by atoms with van der Waals surface area (Å²) < 4.78 is 5.77. The van der Waals surface area contributed by atoms with Crippen LogP contribution in [0.5, 0.6) is 5.75 Å². The summed E-state index contributed by atoms with van der Waals surface area (Å²) in [5.41, 5.74) is 9.73. The van der Waals surface area contributed by atoms with Crippen LogP contribution in [0.4, 0.5) is 0 Å². The van der Waals surface area contributed by atoms with Crippen LogP contribution in [-0.4, -0.2) is 5.84 Å². The number of aryl methyl sites for hydroxylation is 2. The highest BCUT2D eigenvalue weighted by molar-refractivity contribution is 5.97. The van der Waals surface area contributed by atoms with Crippen molar-refractivity contribution in [2.24, 2.45) is 5.73 Å². The first kappa shape index (κ1) is 13.1. The summed E-state index contributed by atoms with van der Waals surface area (Å²) in [7, 11) is 0. The molecule has 0 aliphatic rings. The maximum absolute atomic E-state index is 7.53. The fourth-order valence-electron chi connectivity index (χ4n) is 2.13. The highest BCUT2D eigenvalue weighted by atomic mass is 16.5. The van der Waals surface area contributed by atoms with E-state index in [1.807, 2.05) is 18.2 Å². The lowest BCUT2D eigenvalue weighted by Gasteiger charge is -2.11. The van der Waals surface area contributed by atoms with Gasteiger partial charge < -0.3 is 10.5 Å². The molecule has 3 heteroatoms. The van der Waals surface area contributed by atoms with Crippen LogP contribution in [0.15, 0.2) is 42.5 Å².